The largest absolute Gasteiger partial charge is 0.334 e. The number of aromatic nitrogens is 3. The third kappa shape index (κ3) is 2.89. The number of aryl methyl sites for hydroxylation is 1. The number of amides is 1. The summed E-state index contributed by atoms with van der Waals surface area (Å²) in [5.41, 5.74) is 2.88. The van der Waals surface area contributed by atoms with E-state index in [0.29, 0.717) is 12.8 Å². The standard InChI is InChI=1S/C19H20N4O/c24-19(10-9-15-14-22-12-4-2-8-18(22)21-15)23-13-5-7-17(23)16-6-1-3-11-20-16/h1-4,6,8,11-12,14,17H,5,7,9-10,13H2/t17-/m0/s1. The molecule has 1 saturated heterocycles. The Bertz CT molecular complexity index is 810. The monoisotopic (exact) mass is 320 g/mol. The van der Waals surface area contributed by atoms with Crippen molar-refractivity contribution in [1.82, 2.24) is 19.3 Å². The summed E-state index contributed by atoms with van der Waals surface area (Å²) >= 11 is 0. The summed E-state index contributed by atoms with van der Waals surface area (Å²) in [4.78, 5) is 23.7. The molecule has 5 heteroatoms. The van der Waals surface area contributed by atoms with E-state index < -0.39 is 0 Å². The van der Waals surface area contributed by atoms with E-state index in [0.717, 1.165) is 36.4 Å². The number of fused-ring (bicyclic) bond motifs is 1. The van der Waals surface area contributed by atoms with Gasteiger partial charge in [0.2, 0.25) is 5.91 Å². The van der Waals surface area contributed by atoms with Gasteiger partial charge in [-0.05, 0) is 43.5 Å². The Morgan fingerprint density at radius 2 is 2.12 bits per heavy atom. The maximum absolute atomic E-state index is 12.7. The van der Waals surface area contributed by atoms with E-state index in [-0.39, 0.29) is 11.9 Å². The van der Waals surface area contributed by atoms with Crippen molar-refractivity contribution in [3.8, 4) is 0 Å². The van der Waals surface area contributed by atoms with E-state index in [1.54, 1.807) is 6.20 Å². The van der Waals surface area contributed by atoms with Gasteiger partial charge in [-0.15, -0.1) is 0 Å². The Morgan fingerprint density at radius 1 is 1.21 bits per heavy atom. The lowest BCUT2D eigenvalue weighted by Gasteiger charge is -2.24. The molecule has 0 unspecified atom stereocenters. The normalized spacial score (nSPS) is 17.5. The van der Waals surface area contributed by atoms with Gasteiger partial charge in [-0.1, -0.05) is 12.1 Å². The number of carbonyl (C=O) groups is 1. The minimum atomic E-state index is 0.125. The first kappa shape index (κ1) is 14.9. The lowest BCUT2D eigenvalue weighted by Crippen LogP contribution is -2.31. The van der Waals surface area contributed by atoms with Crippen LogP contribution >= 0.6 is 0 Å². The zero-order valence-electron chi connectivity index (χ0n) is 13.5. The second kappa shape index (κ2) is 6.43. The molecule has 3 aromatic heterocycles. The van der Waals surface area contributed by atoms with E-state index in [2.05, 4.69) is 9.97 Å². The molecule has 5 nitrogen and oxygen atoms in total. The van der Waals surface area contributed by atoms with Crippen LogP contribution in [0.25, 0.3) is 5.65 Å². The third-order valence-electron chi connectivity index (χ3n) is 4.61. The Kier molecular flexibility index (Phi) is 3.99. The molecular formula is C19H20N4O. The van der Waals surface area contributed by atoms with E-state index in [4.69, 9.17) is 0 Å². The summed E-state index contributed by atoms with van der Waals surface area (Å²) in [6.07, 6.45) is 8.98. The van der Waals surface area contributed by atoms with Crippen LogP contribution in [-0.4, -0.2) is 31.7 Å². The summed E-state index contributed by atoms with van der Waals surface area (Å²) in [7, 11) is 0. The highest BCUT2D eigenvalue weighted by Gasteiger charge is 2.30. The molecule has 0 aliphatic carbocycles. The van der Waals surface area contributed by atoms with Gasteiger partial charge >= 0.3 is 0 Å². The fourth-order valence-electron chi connectivity index (χ4n) is 3.43. The highest BCUT2D eigenvalue weighted by atomic mass is 16.2. The summed E-state index contributed by atoms with van der Waals surface area (Å²) in [6, 6.07) is 12.0. The fourth-order valence-corrected chi connectivity index (χ4v) is 3.43. The molecule has 0 radical (unpaired) electrons. The van der Waals surface area contributed by atoms with E-state index >= 15 is 0 Å². The Morgan fingerprint density at radius 3 is 2.96 bits per heavy atom. The van der Waals surface area contributed by atoms with Gasteiger partial charge in [-0.2, -0.15) is 0 Å². The molecule has 24 heavy (non-hydrogen) atoms. The number of hydrogen-bond donors (Lipinski definition) is 0. The van der Waals surface area contributed by atoms with Crippen molar-refractivity contribution in [3.05, 3.63) is 66.4 Å². The molecule has 0 aromatic carbocycles. The van der Waals surface area contributed by atoms with Crippen LogP contribution in [0.4, 0.5) is 0 Å². The molecule has 1 aliphatic heterocycles. The molecule has 4 rings (SSSR count). The number of rotatable bonds is 4. The van der Waals surface area contributed by atoms with Crippen LogP contribution in [0, 0.1) is 0 Å². The van der Waals surface area contributed by atoms with Crippen molar-refractivity contribution >= 4 is 11.6 Å². The minimum absolute atomic E-state index is 0.125. The topological polar surface area (TPSA) is 50.5 Å². The van der Waals surface area contributed by atoms with Gasteiger partial charge in [0.05, 0.1) is 17.4 Å². The lowest BCUT2D eigenvalue weighted by molar-refractivity contribution is -0.132. The van der Waals surface area contributed by atoms with Gasteiger partial charge in [0.25, 0.3) is 0 Å². The molecule has 3 aromatic rings. The molecule has 1 fully saturated rings. The predicted octanol–water partition coefficient (Wildman–Crippen LogP) is 3.03. The van der Waals surface area contributed by atoms with Crippen LogP contribution in [0.2, 0.25) is 0 Å². The van der Waals surface area contributed by atoms with Gasteiger partial charge in [0, 0.05) is 31.6 Å². The summed E-state index contributed by atoms with van der Waals surface area (Å²) in [6.45, 7) is 0.825. The van der Waals surface area contributed by atoms with Crippen LogP contribution in [-0.2, 0) is 11.2 Å². The van der Waals surface area contributed by atoms with Crippen molar-refractivity contribution in [1.29, 1.82) is 0 Å². The van der Waals surface area contributed by atoms with Gasteiger partial charge in [0.15, 0.2) is 0 Å². The Balaban J connectivity index is 1.43. The van der Waals surface area contributed by atoms with Gasteiger partial charge in [0.1, 0.15) is 5.65 Å². The minimum Gasteiger partial charge on any atom is -0.334 e. The molecule has 1 aliphatic rings. The van der Waals surface area contributed by atoms with Crippen molar-refractivity contribution in [2.24, 2.45) is 0 Å². The van der Waals surface area contributed by atoms with Crippen LogP contribution in [0.3, 0.4) is 0 Å². The third-order valence-corrected chi connectivity index (χ3v) is 4.61. The molecular weight excluding hydrogens is 300 g/mol. The first-order valence-corrected chi connectivity index (χ1v) is 8.44. The van der Waals surface area contributed by atoms with Crippen LogP contribution in [0.1, 0.15) is 36.7 Å². The highest BCUT2D eigenvalue weighted by molar-refractivity contribution is 5.77. The summed E-state index contributed by atoms with van der Waals surface area (Å²) in [5, 5.41) is 0. The summed E-state index contributed by atoms with van der Waals surface area (Å²) < 4.78 is 1.99. The Hall–Kier alpha value is -2.69. The first-order chi connectivity index (χ1) is 11.8. The average molecular weight is 320 g/mol. The maximum atomic E-state index is 12.7. The Labute approximate surface area is 141 Å². The molecule has 0 N–H and O–H groups in total. The second-order valence-electron chi connectivity index (χ2n) is 6.20. The summed E-state index contributed by atoms with van der Waals surface area (Å²) in [5.74, 6) is 0.195. The predicted molar refractivity (Wildman–Crippen MR) is 91.4 cm³/mol. The molecule has 4 heterocycles. The number of pyridine rings is 2. The quantitative estimate of drug-likeness (QED) is 0.742. The van der Waals surface area contributed by atoms with Gasteiger partial charge in [-0.25, -0.2) is 4.98 Å². The number of imidazole rings is 1. The van der Waals surface area contributed by atoms with Crippen molar-refractivity contribution in [3.63, 3.8) is 0 Å². The van der Waals surface area contributed by atoms with Crippen LogP contribution < -0.4 is 0 Å². The van der Waals surface area contributed by atoms with E-state index in [1.807, 2.05) is 58.1 Å². The van der Waals surface area contributed by atoms with Crippen molar-refractivity contribution in [2.45, 2.75) is 31.7 Å². The van der Waals surface area contributed by atoms with Gasteiger partial charge < -0.3 is 9.30 Å². The average Bonchev–Trinajstić information content (AvgIpc) is 3.27. The second-order valence-corrected chi connectivity index (χ2v) is 6.20. The number of carbonyl (C=O) groups excluding carboxylic acids is 1. The van der Waals surface area contributed by atoms with E-state index in [1.165, 1.54) is 0 Å². The SMILES string of the molecule is O=C(CCc1cn2ccccc2n1)N1CCC[C@H]1c1ccccn1. The van der Waals surface area contributed by atoms with Crippen LogP contribution in [0.5, 0.6) is 0 Å². The maximum Gasteiger partial charge on any atom is 0.223 e. The number of likely N-dealkylation sites (tertiary alicyclic amines) is 1. The van der Waals surface area contributed by atoms with Crippen molar-refractivity contribution in [2.75, 3.05) is 6.54 Å². The highest BCUT2D eigenvalue weighted by Crippen LogP contribution is 2.31. The number of nitrogens with zero attached hydrogens (tertiary/aromatic N) is 4. The molecule has 0 bridgehead atoms. The molecule has 0 spiro atoms. The zero-order chi connectivity index (χ0) is 16.4. The molecule has 1 amide bonds. The molecule has 0 saturated carbocycles. The first-order valence-electron chi connectivity index (χ1n) is 8.44. The van der Waals surface area contributed by atoms with Crippen LogP contribution in [0.15, 0.2) is 55.0 Å². The fraction of sp³-hybridized carbons (Fsp3) is 0.316. The van der Waals surface area contributed by atoms with E-state index in [9.17, 15) is 4.79 Å². The lowest BCUT2D eigenvalue weighted by atomic mass is 10.1. The zero-order valence-corrected chi connectivity index (χ0v) is 13.5. The van der Waals surface area contributed by atoms with Crippen molar-refractivity contribution < 1.29 is 4.79 Å². The molecule has 122 valence electrons. The molecule has 1 atom stereocenters. The number of hydrogen-bond acceptors (Lipinski definition) is 3. The van der Waals surface area contributed by atoms with Gasteiger partial charge in [-0.3, -0.25) is 9.78 Å². The smallest absolute Gasteiger partial charge is 0.223 e.